The van der Waals surface area contributed by atoms with Crippen LogP contribution in [-0.2, 0) is 0 Å². The van der Waals surface area contributed by atoms with Gasteiger partial charge in [0.25, 0.3) is 0 Å². The molecule has 0 amide bonds. The molecule has 0 saturated heterocycles. The lowest BCUT2D eigenvalue weighted by atomic mass is 10.0. The Morgan fingerprint density at radius 3 is 1.93 bits per heavy atom. The minimum atomic E-state index is -0.757. The Balaban J connectivity index is 3.84. The van der Waals surface area contributed by atoms with Crippen molar-refractivity contribution < 1.29 is 10.2 Å². The molecule has 0 aromatic heterocycles. The zero-order valence-electron chi connectivity index (χ0n) is 10.7. The lowest BCUT2D eigenvalue weighted by Gasteiger charge is -2.29. The Morgan fingerprint density at radius 2 is 1.53 bits per heavy atom. The Morgan fingerprint density at radius 1 is 1.07 bits per heavy atom. The van der Waals surface area contributed by atoms with Crippen LogP contribution in [-0.4, -0.2) is 60.0 Å². The van der Waals surface area contributed by atoms with Crippen LogP contribution in [0.3, 0.4) is 0 Å². The second kappa shape index (κ2) is 5.80. The molecule has 15 heavy (non-hydrogen) atoms. The van der Waals surface area contributed by atoms with Gasteiger partial charge in [0.05, 0.1) is 11.2 Å². The van der Waals surface area contributed by atoms with E-state index in [4.69, 9.17) is 0 Å². The molecule has 0 spiro atoms. The summed E-state index contributed by atoms with van der Waals surface area (Å²) in [7, 11) is 3.85. The molecule has 0 saturated carbocycles. The minimum Gasteiger partial charge on any atom is -0.389 e. The summed E-state index contributed by atoms with van der Waals surface area (Å²) < 4.78 is 0. The summed E-state index contributed by atoms with van der Waals surface area (Å²) in [4.78, 5) is 1.94. The van der Waals surface area contributed by atoms with E-state index in [1.807, 2.05) is 25.9 Å². The third-order valence-corrected chi connectivity index (χ3v) is 2.43. The molecule has 0 radical (unpaired) electrons. The van der Waals surface area contributed by atoms with E-state index in [0.29, 0.717) is 26.1 Å². The van der Waals surface area contributed by atoms with Crippen LogP contribution in [0.1, 0.15) is 27.2 Å². The van der Waals surface area contributed by atoms with Gasteiger partial charge in [0.1, 0.15) is 0 Å². The molecular weight excluding hydrogens is 192 g/mol. The molecule has 0 aliphatic rings. The molecule has 0 fully saturated rings. The highest BCUT2D eigenvalue weighted by molar-refractivity contribution is 4.81. The molecule has 0 rings (SSSR count). The van der Waals surface area contributed by atoms with E-state index in [0.717, 1.165) is 0 Å². The van der Waals surface area contributed by atoms with Gasteiger partial charge in [-0.3, -0.25) is 0 Å². The molecule has 0 heterocycles. The van der Waals surface area contributed by atoms with Gasteiger partial charge in [-0.15, -0.1) is 0 Å². The fraction of sp³-hybridized carbons (Fsp3) is 1.00. The summed E-state index contributed by atoms with van der Waals surface area (Å²) in [5.41, 5.74) is -1.44. The van der Waals surface area contributed by atoms with Crippen molar-refractivity contribution in [2.75, 3.05) is 33.7 Å². The summed E-state index contributed by atoms with van der Waals surface area (Å²) in [6, 6.07) is 0. The standard InChI is InChI=1S/C11H26N2O2/c1-6-10(2,14)7-12-8-11(3,15)9-13(4)5/h12,14-15H,6-9H2,1-5H3. The van der Waals surface area contributed by atoms with Crippen LogP contribution in [0.15, 0.2) is 0 Å². The summed E-state index contributed by atoms with van der Waals surface area (Å²) >= 11 is 0. The van der Waals surface area contributed by atoms with Gasteiger partial charge < -0.3 is 20.4 Å². The van der Waals surface area contributed by atoms with Gasteiger partial charge in [-0.05, 0) is 34.4 Å². The van der Waals surface area contributed by atoms with Crippen molar-refractivity contribution in [1.82, 2.24) is 10.2 Å². The largest absolute Gasteiger partial charge is 0.389 e. The molecule has 3 N–H and O–H groups in total. The lowest BCUT2D eigenvalue weighted by molar-refractivity contribution is 0.0183. The highest BCUT2D eigenvalue weighted by Gasteiger charge is 2.23. The Labute approximate surface area is 93.3 Å². The molecule has 2 unspecified atom stereocenters. The maximum absolute atomic E-state index is 9.97. The fourth-order valence-electron chi connectivity index (χ4n) is 1.46. The van der Waals surface area contributed by atoms with Crippen LogP contribution < -0.4 is 5.32 Å². The van der Waals surface area contributed by atoms with Crippen molar-refractivity contribution in [1.29, 1.82) is 0 Å². The van der Waals surface area contributed by atoms with E-state index in [9.17, 15) is 10.2 Å². The predicted molar refractivity (Wildman–Crippen MR) is 63.0 cm³/mol. The second-order valence-corrected chi connectivity index (χ2v) is 5.19. The van der Waals surface area contributed by atoms with Crippen molar-refractivity contribution in [3.8, 4) is 0 Å². The molecule has 2 atom stereocenters. The Kier molecular flexibility index (Phi) is 5.73. The highest BCUT2D eigenvalue weighted by Crippen LogP contribution is 2.07. The number of rotatable bonds is 7. The number of hydrogen-bond acceptors (Lipinski definition) is 4. The third-order valence-electron chi connectivity index (χ3n) is 2.43. The summed E-state index contributed by atoms with van der Waals surface area (Å²) in [5.74, 6) is 0. The fourth-order valence-corrected chi connectivity index (χ4v) is 1.46. The van der Waals surface area contributed by atoms with Crippen LogP contribution >= 0.6 is 0 Å². The van der Waals surface area contributed by atoms with Gasteiger partial charge in [0, 0.05) is 19.6 Å². The van der Waals surface area contributed by atoms with E-state index in [-0.39, 0.29) is 0 Å². The molecule has 0 aromatic carbocycles. The zero-order valence-corrected chi connectivity index (χ0v) is 10.7. The summed E-state index contributed by atoms with van der Waals surface area (Å²) in [6.07, 6.45) is 0.704. The quantitative estimate of drug-likeness (QED) is 0.565. The van der Waals surface area contributed by atoms with Gasteiger partial charge in [0.15, 0.2) is 0 Å². The summed E-state index contributed by atoms with van der Waals surface area (Å²) in [6.45, 7) is 7.13. The topological polar surface area (TPSA) is 55.7 Å². The van der Waals surface area contributed by atoms with Crippen LogP contribution in [0.25, 0.3) is 0 Å². The van der Waals surface area contributed by atoms with Crippen LogP contribution in [0, 0.1) is 0 Å². The number of nitrogens with zero attached hydrogens (tertiary/aromatic N) is 1. The molecule has 0 aliphatic heterocycles. The zero-order chi connectivity index (χ0) is 12.1. The van der Waals surface area contributed by atoms with E-state index < -0.39 is 11.2 Å². The molecule has 0 aromatic rings. The summed E-state index contributed by atoms with van der Waals surface area (Å²) in [5, 5.41) is 22.8. The van der Waals surface area contributed by atoms with Crippen LogP contribution in [0.4, 0.5) is 0 Å². The minimum absolute atomic E-state index is 0.487. The number of likely N-dealkylation sites (N-methyl/N-ethyl adjacent to an activating group) is 1. The average Bonchev–Trinajstić information content (AvgIpc) is 2.00. The Bertz CT molecular complexity index is 179. The normalized spacial score (nSPS) is 20.0. The number of nitrogens with one attached hydrogen (secondary N) is 1. The molecule has 4 heteroatoms. The highest BCUT2D eigenvalue weighted by atomic mass is 16.3. The second-order valence-electron chi connectivity index (χ2n) is 5.19. The molecule has 0 bridgehead atoms. The number of hydrogen-bond donors (Lipinski definition) is 3. The van der Waals surface area contributed by atoms with E-state index in [1.54, 1.807) is 13.8 Å². The van der Waals surface area contributed by atoms with Crippen molar-refractivity contribution in [2.45, 2.75) is 38.4 Å². The molecule has 0 aliphatic carbocycles. The van der Waals surface area contributed by atoms with Crippen molar-refractivity contribution >= 4 is 0 Å². The van der Waals surface area contributed by atoms with Crippen LogP contribution in [0.2, 0.25) is 0 Å². The predicted octanol–water partition coefficient (Wildman–Crippen LogP) is 0.0496. The third kappa shape index (κ3) is 7.73. The van der Waals surface area contributed by atoms with Gasteiger partial charge >= 0.3 is 0 Å². The van der Waals surface area contributed by atoms with Gasteiger partial charge in [0.2, 0.25) is 0 Å². The first kappa shape index (κ1) is 14.8. The smallest absolute Gasteiger partial charge is 0.0869 e. The van der Waals surface area contributed by atoms with Gasteiger partial charge in [-0.1, -0.05) is 6.92 Å². The first-order valence-corrected chi connectivity index (χ1v) is 5.49. The average molecular weight is 218 g/mol. The van der Waals surface area contributed by atoms with Crippen molar-refractivity contribution in [3.63, 3.8) is 0 Å². The van der Waals surface area contributed by atoms with Crippen molar-refractivity contribution in [2.24, 2.45) is 0 Å². The van der Waals surface area contributed by atoms with Gasteiger partial charge in [-0.25, -0.2) is 0 Å². The van der Waals surface area contributed by atoms with Crippen molar-refractivity contribution in [3.05, 3.63) is 0 Å². The van der Waals surface area contributed by atoms with E-state index >= 15 is 0 Å². The van der Waals surface area contributed by atoms with E-state index in [2.05, 4.69) is 5.32 Å². The first-order chi connectivity index (χ1) is 6.68. The maximum Gasteiger partial charge on any atom is 0.0869 e. The SMILES string of the molecule is CCC(C)(O)CNCC(C)(O)CN(C)C. The molecule has 4 nitrogen and oxygen atoms in total. The first-order valence-electron chi connectivity index (χ1n) is 5.49. The van der Waals surface area contributed by atoms with E-state index in [1.165, 1.54) is 0 Å². The van der Waals surface area contributed by atoms with Crippen LogP contribution in [0.5, 0.6) is 0 Å². The molecule has 92 valence electrons. The lowest BCUT2D eigenvalue weighted by Crippen LogP contribution is -2.48. The Hall–Kier alpha value is -0.160. The van der Waals surface area contributed by atoms with Gasteiger partial charge in [-0.2, -0.15) is 0 Å². The molecular formula is C11H26N2O2. The monoisotopic (exact) mass is 218 g/mol. The number of aliphatic hydroxyl groups is 2. The maximum atomic E-state index is 9.97.